The molecule has 3 aromatic rings. The molecule has 0 saturated carbocycles. The fraction of sp³-hybridized carbons (Fsp3) is 0.350. The number of aryl methyl sites for hydroxylation is 1. The van der Waals surface area contributed by atoms with Crippen LogP contribution in [0.5, 0.6) is 0 Å². The Labute approximate surface area is 163 Å². The standard InChI is InChI=1S/C20H24N4O2S/c1-5-13(2)15-6-8-16(9-7-15)21-18(25)12-27-20-23-22-19(24(20)4)17-10-11-26-14(17)3/h6-11,13H,5,12H2,1-4H3,(H,21,25)/t13-/m0/s1. The highest BCUT2D eigenvalue weighted by molar-refractivity contribution is 7.99. The number of thioether (sulfide) groups is 1. The SMILES string of the molecule is CC[C@H](C)c1ccc(NC(=O)CSc2nnc(-c3ccoc3C)n2C)cc1. The molecule has 0 aliphatic rings. The topological polar surface area (TPSA) is 73.0 Å². The molecule has 27 heavy (non-hydrogen) atoms. The molecule has 2 heterocycles. The number of hydrogen-bond acceptors (Lipinski definition) is 5. The number of aromatic nitrogens is 3. The molecule has 7 heteroatoms. The fourth-order valence-electron chi connectivity index (χ4n) is 2.75. The molecule has 0 bridgehead atoms. The van der Waals surface area contributed by atoms with Crippen molar-refractivity contribution < 1.29 is 9.21 Å². The summed E-state index contributed by atoms with van der Waals surface area (Å²) in [6.07, 6.45) is 2.73. The number of anilines is 1. The molecular formula is C20H24N4O2S. The number of furan rings is 1. The van der Waals surface area contributed by atoms with Crippen LogP contribution in [0.4, 0.5) is 5.69 Å². The molecule has 0 saturated heterocycles. The van der Waals surface area contributed by atoms with Gasteiger partial charge in [-0.05, 0) is 43.0 Å². The molecule has 0 aliphatic carbocycles. The first-order chi connectivity index (χ1) is 13.0. The number of carbonyl (C=O) groups is 1. The van der Waals surface area contributed by atoms with E-state index in [1.807, 2.05) is 36.7 Å². The summed E-state index contributed by atoms with van der Waals surface area (Å²) < 4.78 is 7.20. The summed E-state index contributed by atoms with van der Waals surface area (Å²) >= 11 is 1.36. The molecule has 0 spiro atoms. The molecule has 0 radical (unpaired) electrons. The Morgan fingerprint density at radius 3 is 2.63 bits per heavy atom. The zero-order valence-corrected chi connectivity index (χ0v) is 16.8. The normalized spacial score (nSPS) is 12.1. The third-order valence-corrected chi connectivity index (χ3v) is 5.66. The third-order valence-electron chi connectivity index (χ3n) is 4.64. The second-order valence-electron chi connectivity index (χ2n) is 6.52. The Hall–Kier alpha value is -2.54. The minimum absolute atomic E-state index is 0.0691. The van der Waals surface area contributed by atoms with Gasteiger partial charge in [-0.1, -0.05) is 37.7 Å². The van der Waals surface area contributed by atoms with Crippen LogP contribution in [0, 0.1) is 6.92 Å². The number of amides is 1. The Morgan fingerprint density at radius 1 is 1.26 bits per heavy atom. The molecule has 0 unspecified atom stereocenters. The summed E-state index contributed by atoms with van der Waals surface area (Å²) in [4.78, 5) is 12.3. The predicted molar refractivity (Wildman–Crippen MR) is 108 cm³/mol. The lowest BCUT2D eigenvalue weighted by Gasteiger charge is -2.10. The van der Waals surface area contributed by atoms with Crippen molar-refractivity contribution in [3.8, 4) is 11.4 Å². The van der Waals surface area contributed by atoms with Gasteiger partial charge in [-0.25, -0.2) is 0 Å². The maximum atomic E-state index is 12.3. The maximum Gasteiger partial charge on any atom is 0.234 e. The van der Waals surface area contributed by atoms with Crippen LogP contribution in [0.15, 0.2) is 46.2 Å². The summed E-state index contributed by atoms with van der Waals surface area (Å²) in [6.45, 7) is 6.25. The lowest BCUT2D eigenvalue weighted by atomic mass is 9.99. The molecule has 1 atom stereocenters. The van der Waals surface area contributed by atoms with Gasteiger partial charge in [0.05, 0.1) is 17.6 Å². The van der Waals surface area contributed by atoms with E-state index in [0.717, 1.165) is 29.3 Å². The summed E-state index contributed by atoms with van der Waals surface area (Å²) in [5.41, 5.74) is 2.99. The molecule has 6 nitrogen and oxygen atoms in total. The Bertz CT molecular complexity index is 914. The van der Waals surface area contributed by atoms with Gasteiger partial charge in [0, 0.05) is 12.7 Å². The average Bonchev–Trinajstić information content (AvgIpc) is 3.25. The fourth-order valence-corrected chi connectivity index (χ4v) is 3.46. The minimum Gasteiger partial charge on any atom is -0.469 e. The van der Waals surface area contributed by atoms with Gasteiger partial charge in [0.15, 0.2) is 11.0 Å². The van der Waals surface area contributed by atoms with E-state index in [-0.39, 0.29) is 11.7 Å². The van der Waals surface area contributed by atoms with Crippen LogP contribution in [0.2, 0.25) is 0 Å². The second kappa shape index (κ2) is 8.43. The highest BCUT2D eigenvalue weighted by atomic mass is 32.2. The first-order valence-electron chi connectivity index (χ1n) is 8.96. The largest absolute Gasteiger partial charge is 0.469 e. The molecule has 3 rings (SSSR count). The van der Waals surface area contributed by atoms with Crippen LogP contribution in [-0.4, -0.2) is 26.4 Å². The van der Waals surface area contributed by atoms with E-state index in [4.69, 9.17) is 4.42 Å². The van der Waals surface area contributed by atoms with Crippen molar-refractivity contribution in [3.63, 3.8) is 0 Å². The number of carbonyl (C=O) groups excluding carboxylic acids is 1. The molecule has 0 fully saturated rings. The van der Waals surface area contributed by atoms with E-state index >= 15 is 0 Å². The highest BCUT2D eigenvalue weighted by Crippen LogP contribution is 2.26. The van der Waals surface area contributed by atoms with Crippen molar-refractivity contribution >= 4 is 23.4 Å². The minimum atomic E-state index is -0.0691. The number of rotatable bonds is 7. The van der Waals surface area contributed by atoms with E-state index in [2.05, 4.69) is 41.5 Å². The first-order valence-corrected chi connectivity index (χ1v) is 9.94. The molecule has 2 aromatic heterocycles. The highest BCUT2D eigenvalue weighted by Gasteiger charge is 2.16. The van der Waals surface area contributed by atoms with Gasteiger partial charge in [-0.15, -0.1) is 10.2 Å². The summed E-state index contributed by atoms with van der Waals surface area (Å²) in [7, 11) is 1.88. The van der Waals surface area contributed by atoms with Gasteiger partial charge >= 0.3 is 0 Å². The van der Waals surface area contributed by atoms with E-state index < -0.39 is 0 Å². The van der Waals surface area contributed by atoms with Crippen LogP contribution >= 0.6 is 11.8 Å². The van der Waals surface area contributed by atoms with Crippen molar-refractivity contribution in [2.75, 3.05) is 11.1 Å². The van der Waals surface area contributed by atoms with E-state index in [1.165, 1.54) is 17.3 Å². The predicted octanol–water partition coefficient (Wildman–Crippen LogP) is 4.63. The van der Waals surface area contributed by atoms with Crippen LogP contribution in [0.1, 0.15) is 37.5 Å². The number of hydrogen-bond donors (Lipinski definition) is 1. The van der Waals surface area contributed by atoms with Gasteiger partial charge in [0.25, 0.3) is 0 Å². The van der Waals surface area contributed by atoms with Crippen molar-refractivity contribution in [1.82, 2.24) is 14.8 Å². The number of benzene rings is 1. The van der Waals surface area contributed by atoms with E-state index in [1.54, 1.807) is 6.26 Å². The number of nitrogens with zero attached hydrogens (tertiary/aromatic N) is 3. The van der Waals surface area contributed by atoms with Crippen LogP contribution in [0.3, 0.4) is 0 Å². The van der Waals surface area contributed by atoms with Crippen molar-refractivity contribution in [3.05, 3.63) is 47.9 Å². The van der Waals surface area contributed by atoms with Gasteiger partial charge < -0.3 is 14.3 Å². The number of nitrogens with one attached hydrogen (secondary N) is 1. The average molecular weight is 385 g/mol. The molecule has 1 N–H and O–H groups in total. The zero-order chi connectivity index (χ0) is 19.4. The van der Waals surface area contributed by atoms with Crippen LogP contribution in [0.25, 0.3) is 11.4 Å². The lowest BCUT2D eigenvalue weighted by Crippen LogP contribution is -2.14. The van der Waals surface area contributed by atoms with Crippen molar-refractivity contribution in [2.45, 2.75) is 38.3 Å². The molecular weight excluding hydrogens is 360 g/mol. The Balaban J connectivity index is 1.58. The van der Waals surface area contributed by atoms with Gasteiger partial charge in [-0.2, -0.15) is 0 Å². The third kappa shape index (κ3) is 4.42. The Kier molecular flexibility index (Phi) is 6.01. The van der Waals surface area contributed by atoms with Crippen LogP contribution in [-0.2, 0) is 11.8 Å². The van der Waals surface area contributed by atoms with Gasteiger partial charge in [0.2, 0.25) is 5.91 Å². The second-order valence-corrected chi connectivity index (χ2v) is 7.47. The Morgan fingerprint density at radius 2 is 2.00 bits per heavy atom. The summed E-state index contributed by atoms with van der Waals surface area (Å²) in [6, 6.07) is 9.90. The summed E-state index contributed by atoms with van der Waals surface area (Å²) in [5, 5.41) is 12.0. The quantitative estimate of drug-likeness (QED) is 0.601. The lowest BCUT2D eigenvalue weighted by molar-refractivity contribution is -0.113. The molecule has 1 aromatic carbocycles. The van der Waals surface area contributed by atoms with Crippen molar-refractivity contribution in [2.24, 2.45) is 7.05 Å². The van der Waals surface area contributed by atoms with Crippen LogP contribution < -0.4 is 5.32 Å². The molecule has 142 valence electrons. The zero-order valence-electron chi connectivity index (χ0n) is 16.0. The van der Waals surface area contributed by atoms with E-state index in [9.17, 15) is 4.79 Å². The molecule has 1 amide bonds. The van der Waals surface area contributed by atoms with E-state index in [0.29, 0.717) is 11.1 Å². The van der Waals surface area contributed by atoms with Gasteiger partial charge in [-0.3, -0.25) is 4.79 Å². The van der Waals surface area contributed by atoms with Gasteiger partial charge in [0.1, 0.15) is 5.76 Å². The maximum absolute atomic E-state index is 12.3. The smallest absolute Gasteiger partial charge is 0.234 e. The monoisotopic (exact) mass is 384 g/mol. The summed E-state index contributed by atoms with van der Waals surface area (Å²) in [5.74, 6) is 2.24. The molecule has 0 aliphatic heterocycles. The first kappa shape index (κ1) is 19.2. The van der Waals surface area contributed by atoms with Crippen molar-refractivity contribution in [1.29, 1.82) is 0 Å².